The number of methoxy groups -OCH3 is 3. The number of hydrogen-bond acceptors (Lipinski definition) is 5. The number of anilines is 1. The molecule has 0 saturated carbocycles. The Balaban J connectivity index is 1.66. The summed E-state index contributed by atoms with van der Waals surface area (Å²) in [5.74, 6) is 1.11. The van der Waals surface area contributed by atoms with Crippen LogP contribution in [0.4, 0.5) is 5.69 Å². The summed E-state index contributed by atoms with van der Waals surface area (Å²) in [6.07, 6.45) is 0.678. The number of hydrogen-bond donors (Lipinski definition) is 2. The predicted molar refractivity (Wildman–Crippen MR) is 132 cm³/mol. The van der Waals surface area contributed by atoms with E-state index < -0.39 is 0 Å². The second-order valence-corrected chi connectivity index (χ2v) is 7.73. The Hall–Kier alpha value is -4.00. The number of nitrogens with one attached hydrogen (secondary N) is 2. The fourth-order valence-electron chi connectivity index (χ4n) is 3.64. The molecule has 0 spiro atoms. The lowest BCUT2D eigenvalue weighted by Crippen LogP contribution is -2.28. The molecule has 178 valence electrons. The minimum absolute atomic E-state index is 0.169. The summed E-state index contributed by atoms with van der Waals surface area (Å²) < 4.78 is 16.1. The van der Waals surface area contributed by atoms with Crippen molar-refractivity contribution < 1.29 is 23.8 Å². The van der Waals surface area contributed by atoms with Gasteiger partial charge in [-0.1, -0.05) is 42.5 Å². The van der Waals surface area contributed by atoms with Crippen molar-refractivity contribution in [3.63, 3.8) is 0 Å². The van der Waals surface area contributed by atoms with Crippen LogP contribution in [0.5, 0.6) is 17.2 Å². The highest BCUT2D eigenvalue weighted by Crippen LogP contribution is 2.38. The lowest BCUT2D eigenvalue weighted by atomic mass is 10.1. The van der Waals surface area contributed by atoms with Gasteiger partial charge >= 0.3 is 0 Å². The van der Waals surface area contributed by atoms with E-state index >= 15 is 0 Å². The van der Waals surface area contributed by atoms with E-state index in [9.17, 15) is 9.59 Å². The monoisotopic (exact) mass is 462 g/mol. The van der Waals surface area contributed by atoms with Crippen molar-refractivity contribution in [1.82, 2.24) is 5.32 Å². The summed E-state index contributed by atoms with van der Waals surface area (Å²) in [5, 5.41) is 5.86. The van der Waals surface area contributed by atoms with Gasteiger partial charge in [-0.15, -0.1) is 0 Å². The van der Waals surface area contributed by atoms with Crippen molar-refractivity contribution in [2.75, 3.05) is 26.6 Å². The fraction of sp³-hybridized carbons (Fsp3) is 0.259. The van der Waals surface area contributed by atoms with Crippen molar-refractivity contribution in [2.24, 2.45) is 0 Å². The van der Waals surface area contributed by atoms with E-state index in [2.05, 4.69) is 10.6 Å². The first-order valence-electron chi connectivity index (χ1n) is 11.0. The van der Waals surface area contributed by atoms with Gasteiger partial charge in [0, 0.05) is 6.42 Å². The Kier molecular flexibility index (Phi) is 8.51. The number of aryl methyl sites for hydroxylation is 1. The van der Waals surface area contributed by atoms with Crippen LogP contribution in [0.25, 0.3) is 0 Å². The van der Waals surface area contributed by atoms with Crippen LogP contribution in [0.3, 0.4) is 0 Å². The highest BCUT2D eigenvalue weighted by Gasteiger charge is 2.17. The van der Waals surface area contributed by atoms with Crippen molar-refractivity contribution in [2.45, 2.75) is 25.8 Å². The van der Waals surface area contributed by atoms with Crippen molar-refractivity contribution in [3.8, 4) is 17.2 Å². The zero-order valence-electron chi connectivity index (χ0n) is 19.9. The van der Waals surface area contributed by atoms with Gasteiger partial charge in [-0.3, -0.25) is 9.59 Å². The van der Waals surface area contributed by atoms with E-state index in [4.69, 9.17) is 14.2 Å². The molecule has 0 aliphatic rings. The molecule has 3 rings (SSSR count). The number of para-hydroxylation sites is 1. The molecule has 0 radical (unpaired) electrons. The molecular formula is C27H30N2O5. The topological polar surface area (TPSA) is 85.9 Å². The summed E-state index contributed by atoms with van der Waals surface area (Å²) >= 11 is 0. The minimum atomic E-state index is -0.253. The number of carbonyl (C=O) groups excluding carboxylic acids is 2. The van der Waals surface area contributed by atoms with Gasteiger partial charge in [-0.05, 0) is 48.7 Å². The molecule has 0 saturated heterocycles. The maximum absolute atomic E-state index is 12.9. The zero-order chi connectivity index (χ0) is 24.5. The largest absolute Gasteiger partial charge is 0.493 e. The van der Waals surface area contributed by atoms with Crippen LogP contribution in [-0.2, 0) is 11.2 Å². The number of rotatable bonds is 10. The number of amides is 2. The number of benzene rings is 3. The van der Waals surface area contributed by atoms with Gasteiger partial charge in [0.1, 0.15) is 0 Å². The van der Waals surface area contributed by atoms with Gasteiger partial charge in [0.15, 0.2) is 11.5 Å². The quantitative estimate of drug-likeness (QED) is 0.453. The molecule has 2 amide bonds. The third-order valence-corrected chi connectivity index (χ3v) is 5.46. The average Bonchev–Trinajstić information content (AvgIpc) is 2.87. The van der Waals surface area contributed by atoms with Crippen molar-refractivity contribution >= 4 is 17.5 Å². The maximum atomic E-state index is 12.9. The van der Waals surface area contributed by atoms with Gasteiger partial charge in [0.2, 0.25) is 11.7 Å². The van der Waals surface area contributed by atoms with E-state index in [1.807, 2.05) is 49.4 Å². The van der Waals surface area contributed by atoms with E-state index in [0.717, 1.165) is 11.1 Å². The summed E-state index contributed by atoms with van der Waals surface area (Å²) in [4.78, 5) is 25.6. The van der Waals surface area contributed by atoms with Crippen LogP contribution >= 0.6 is 0 Å². The Morgan fingerprint density at radius 3 is 2.09 bits per heavy atom. The molecule has 7 heteroatoms. The van der Waals surface area contributed by atoms with E-state index in [1.54, 1.807) is 45.6 Å². The Bertz CT molecular complexity index is 1110. The fourth-order valence-corrected chi connectivity index (χ4v) is 3.64. The van der Waals surface area contributed by atoms with Crippen LogP contribution in [0.2, 0.25) is 0 Å². The maximum Gasteiger partial charge on any atom is 0.253 e. The second-order valence-electron chi connectivity index (χ2n) is 7.73. The van der Waals surface area contributed by atoms with E-state index in [0.29, 0.717) is 34.9 Å². The molecular weight excluding hydrogens is 432 g/mol. The molecule has 7 nitrogen and oxygen atoms in total. The Morgan fingerprint density at radius 1 is 0.853 bits per heavy atom. The molecule has 0 bridgehead atoms. The molecule has 34 heavy (non-hydrogen) atoms. The minimum Gasteiger partial charge on any atom is -0.493 e. The number of carbonyl (C=O) groups is 2. The molecule has 0 aliphatic heterocycles. The SMILES string of the molecule is COc1cc(CCC(=O)Nc2ccccc2C(=O)NC(C)c2ccccc2)cc(OC)c1OC. The van der Waals surface area contributed by atoms with Crippen LogP contribution in [0.1, 0.15) is 40.9 Å². The molecule has 0 heterocycles. The lowest BCUT2D eigenvalue weighted by Gasteiger charge is -2.16. The molecule has 3 aromatic carbocycles. The summed E-state index contributed by atoms with van der Waals surface area (Å²) in [6.45, 7) is 1.92. The van der Waals surface area contributed by atoms with E-state index in [-0.39, 0.29) is 24.3 Å². The van der Waals surface area contributed by atoms with Crippen LogP contribution < -0.4 is 24.8 Å². The van der Waals surface area contributed by atoms with Gasteiger partial charge in [0.25, 0.3) is 5.91 Å². The molecule has 0 aliphatic carbocycles. The van der Waals surface area contributed by atoms with Crippen molar-refractivity contribution in [3.05, 3.63) is 83.4 Å². The first-order chi connectivity index (χ1) is 16.5. The molecule has 0 aromatic heterocycles. The molecule has 2 N–H and O–H groups in total. The highest BCUT2D eigenvalue weighted by atomic mass is 16.5. The van der Waals surface area contributed by atoms with Gasteiger partial charge in [0.05, 0.1) is 38.6 Å². The third kappa shape index (κ3) is 6.07. The summed E-state index contributed by atoms with van der Waals surface area (Å²) in [5.41, 5.74) is 2.75. The van der Waals surface area contributed by atoms with Gasteiger partial charge < -0.3 is 24.8 Å². The van der Waals surface area contributed by atoms with Crippen molar-refractivity contribution in [1.29, 1.82) is 0 Å². The second kappa shape index (κ2) is 11.7. The number of ether oxygens (including phenoxy) is 3. The highest BCUT2D eigenvalue weighted by molar-refractivity contribution is 6.03. The predicted octanol–water partition coefficient (Wildman–Crippen LogP) is 4.77. The molecule has 0 fully saturated rings. The smallest absolute Gasteiger partial charge is 0.253 e. The van der Waals surface area contributed by atoms with Crippen LogP contribution in [0.15, 0.2) is 66.7 Å². The summed E-state index contributed by atoms with van der Waals surface area (Å²) in [7, 11) is 4.64. The first kappa shape index (κ1) is 24.6. The van der Waals surface area contributed by atoms with E-state index in [1.165, 1.54) is 0 Å². The Morgan fingerprint density at radius 2 is 1.47 bits per heavy atom. The molecule has 1 unspecified atom stereocenters. The first-order valence-corrected chi connectivity index (χ1v) is 11.0. The third-order valence-electron chi connectivity index (χ3n) is 5.46. The zero-order valence-corrected chi connectivity index (χ0v) is 19.9. The lowest BCUT2D eigenvalue weighted by molar-refractivity contribution is -0.116. The standard InChI is InChI=1S/C27H30N2O5/c1-18(20-10-6-5-7-11-20)28-27(31)21-12-8-9-13-22(21)29-25(30)15-14-19-16-23(32-2)26(34-4)24(17-19)33-3/h5-13,16-18H,14-15H2,1-4H3,(H,28,31)(H,29,30). The van der Waals surface area contributed by atoms with Gasteiger partial charge in [-0.25, -0.2) is 0 Å². The molecule has 1 atom stereocenters. The Labute approximate surface area is 200 Å². The molecule has 3 aromatic rings. The average molecular weight is 463 g/mol. The van der Waals surface area contributed by atoms with Crippen LogP contribution in [0, 0.1) is 0 Å². The summed E-state index contributed by atoms with van der Waals surface area (Å²) in [6, 6.07) is 20.2. The normalized spacial score (nSPS) is 11.3. The van der Waals surface area contributed by atoms with Crippen LogP contribution in [-0.4, -0.2) is 33.1 Å². The van der Waals surface area contributed by atoms with Gasteiger partial charge in [-0.2, -0.15) is 0 Å².